The summed E-state index contributed by atoms with van der Waals surface area (Å²) in [6, 6.07) is 7.83. The van der Waals surface area contributed by atoms with Gasteiger partial charge in [0.15, 0.2) is 0 Å². The average molecular weight is 260 g/mol. The van der Waals surface area contributed by atoms with Gasteiger partial charge in [-0.05, 0) is 12.5 Å². The maximum absolute atomic E-state index is 11.9. The number of amides is 1. The lowest BCUT2D eigenvalue weighted by Crippen LogP contribution is -2.23. The van der Waals surface area contributed by atoms with E-state index in [1.807, 2.05) is 24.3 Å². The minimum atomic E-state index is 0.00546. The number of unbranched alkanes of at least 4 members (excludes halogenated alkanes) is 1. The maximum Gasteiger partial charge on any atom is 0.253 e. The normalized spacial score (nSPS) is 9.84. The molecule has 1 aromatic heterocycles. The van der Waals surface area contributed by atoms with Crippen molar-refractivity contribution in [1.29, 1.82) is 0 Å². The molecule has 1 aromatic carbocycles. The van der Waals surface area contributed by atoms with Gasteiger partial charge >= 0.3 is 0 Å². The van der Waals surface area contributed by atoms with E-state index in [0.29, 0.717) is 0 Å². The van der Waals surface area contributed by atoms with Crippen LogP contribution in [0.5, 0.6) is 0 Å². The number of aromatic amines is 1. The Morgan fingerprint density at radius 2 is 1.89 bits per heavy atom. The average Bonchev–Trinajstić information content (AvgIpc) is 2.84. The molecule has 19 heavy (non-hydrogen) atoms. The lowest BCUT2D eigenvalue weighted by Gasteiger charge is -2.02. The monoisotopic (exact) mass is 260 g/mol. The molecule has 104 valence electrons. The molecule has 0 atom stereocenters. The first-order valence-corrected chi connectivity index (χ1v) is 7.08. The molecule has 0 radical (unpaired) electrons. The lowest BCUT2D eigenvalue weighted by atomic mass is 10.1. The molecule has 3 heteroatoms. The Labute approximate surface area is 115 Å². The number of benzene rings is 1. The van der Waals surface area contributed by atoms with Gasteiger partial charge in [0.05, 0.1) is 5.56 Å². The Balaban J connectivity index is 0.000000550. The van der Waals surface area contributed by atoms with E-state index in [1.165, 1.54) is 6.42 Å². The van der Waals surface area contributed by atoms with Crippen LogP contribution in [0.4, 0.5) is 0 Å². The SMILES string of the molecule is CCC.CCCCNC(=O)c1c[nH]c2ccccc12. The molecule has 0 fully saturated rings. The lowest BCUT2D eigenvalue weighted by molar-refractivity contribution is 0.0955. The van der Waals surface area contributed by atoms with Gasteiger partial charge in [0.2, 0.25) is 0 Å². The van der Waals surface area contributed by atoms with Crippen LogP contribution in [0.25, 0.3) is 10.9 Å². The number of nitrogens with one attached hydrogen (secondary N) is 2. The fraction of sp³-hybridized carbons (Fsp3) is 0.438. The first-order chi connectivity index (χ1) is 9.24. The minimum absolute atomic E-state index is 0.00546. The van der Waals surface area contributed by atoms with Gasteiger partial charge in [-0.15, -0.1) is 0 Å². The molecule has 0 aliphatic rings. The summed E-state index contributed by atoms with van der Waals surface area (Å²) < 4.78 is 0. The molecule has 0 saturated carbocycles. The van der Waals surface area contributed by atoms with Crippen molar-refractivity contribution in [3.8, 4) is 0 Å². The topological polar surface area (TPSA) is 44.9 Å². The molecule has 1 heterocycles. The van der Waals surface area contributed by atoms with Crippen LogP contribution in [-0.2, 0) is 0 Å². The van der Waals surface area contributed by atoms with Gasteiger partial charge in [0.25, 0.3) is 5.91 Å². The highest BCUT2D eigenvalue weighted by molar-refractivity contribution is 6.06. The summed E-state index contributed by atoms with van der Waals surface area (Å²) in [6.07, 6.45) is 5.13. The molecule has 0 unspecified atom stereocenters. The second kappa shape index (κ2) is 8.35. The predicted molar refractivity (Wildman–Crippen MR) is 81.5 cm³/mol. The summed E-state index contributed by atoms with van der Waals surface area (Å²) in [5.41, 5.74) is 1.73. The van der Waals surface area contributed by atoms with E-state index in [2.05, 4.69) is 31.1 Å². The van der Waals surface area contributed by atoms with Crippen molar-refractivity contribution in [3.63, 3.8) is 0 Å². The van der Waals surface area contributed by atoms with Crippen molar-refractivity contribution in [2.45, 2.75) is 40.0 Å². The first kappa shape index (κ1) is 15.3. The Morgan fingerprint density at radius 3 is 2.58 bits per heavy atom. The van der Waals surface area contributed by atoms with Gasteiger partial charge in [-0.1, -0.05) is 51.8 Å². The van der Waals surface area contributed by atoms with Crippen molar-refractivity contribution >= 4 is 16.8 Å². The highest BCUT2D eigenvalue weighted by Gasteiger charge is 2.10. The molecule has 0 saturated heterocycles. The van der Waals surface area contributed by atoms with Crippen molar-refractivity contribution in [2.75, 3.05) is 6.54 Å². The zero-order chi connectivity index (χ0) is 14.1. The Hall–Kier alpha value is -1.77. The highest BCUT2D eigenvalue weighted by atomic mass is 16.1. The van der Waals surface area contributed by atoms with Crippen LogP contribution in [0, 0.1) is 0 Å². The van der Waals surface area contributed by atoms with E-state index in [9.17, 15) is 4.79 Å². The van der Waals surface area contributed by atoms with E-state index >= 15 is 0 Å². The molecule has 2 aromatic rings. The van der Waals surface area contributed by atoms with Gasteiger partial charge < -0.3 is 10.3 Å². The van der Waals surface area contributed by atoms with Crippen molar-refractivity contribution < 1.29 is 4.79 Å². The van der Waals surface area contributed by atoms with Crippen molar-refractivity contribution in [2.24, 2.45) is 0 Å². The molecule has 3 nitrogen and oxygen atoms in total. The molecule has 1 amide bonds. The van der Waals surface area contributed by atoms with E-state index in [-0.39, 0.29) is 5.91 Å². The largest absolute Gasteiger partial charge is 0.360 e. The summed E-state index contributed by atoms with van der Waals surface area (Å²) >= 11 is 0. The van der Waals surface area contributed by atoms with Gasteiger partial charge in [-0.2, -0.15) is 0 Å². The molecule has 0 aliphatic heterocycles. The summed E-state index contributed by atoms with van der Waals surface area (Å²) in [4.78, 5) is 15.0. The third-order valence-electron chi connectivity index (χ3n) is 2.65. The standard InChI is InChI=1S/C13H16N2O.C3H8/c1-2-3-8-14-13(16)11-9-15-12-7-5-4-6-10(11)12;1-3-2/h4-7,9,15H,2-3,8H2,1H3,(H,14,16);3H2,1-2H3. The number of hydrogen-bond acceptors (Lipinski definition) is 1. The van der Waals surface area contributed by atoms with Crippen LogP contribution in [0.2, 0.25) is 0 Å². The molecular formula is C16H24N2O. The van der Waals surface area contributed by atoms with Gasteiger partial charge in [-0.3, -0.25) is 4.79 Å². The first-order valence-electron chi connectivity index (χ1n) is 7.08. The fourth-order valence-electron chi connectivity index (χ4n) is 1.73. The maximum atomic E-state index is 11.9. The third-order valence-corrected chi connectivity index (χ3v) is 2.65. The van der Waals surface area contributed by atoms with Crippen molar-refractivity contribution in [1.82, 2.24) is 10.3 Å². The second-order valence-electron chi connectivity index (χ2n) is 4.56. The van der Waals surface area contributed by atoms with Gasteiger partial charge in [0.1, 0.15) is 0 Å². The van der Waals surface area contributed by atoms with E-state index in [1.54, 1.807) is 6.20 Å². The van der Waals surface area contributed by atoms with Gasteiger partial charge in [0, 0.05) is 23.6 Å². The van der Waals surface area contributed by atoms with E-state index in [0.717, 1.165) is 35.9 Å². The number of rotatable bonds is 4. The number of fused-ring (bicyclic) bond motifs is 1. The second-order valence-corrected chi connectivity index (χ2v) is 4.56. The van der Waals surface area contributed by atoms with Gasteiger partial charge in [-0.25, -0.2) is 0 Å². The Morgan fingerprint density at radius 1 is 1.21 bits per heavy atom. The van der Waals surface area contributed by atoms with Crippen LogP contribution in [-0.4, -0.2) is 17.4 Å². The number of carbonyl (C=O) groups excluding carboxylic acids is 1. The Kier molecular flexibility index (Phi) is 6.72. The Bertz CT molecular complexity index is 502. The number of hydrogen-bond donors (Lipinski definition) is 2. The molecule has 0 spiro atoms. The molecule has 0 aliphatic carbocycles. The van der Waals surface area contributed by atoms with Crippen LogP contribution < -0.4 is 5.32 Å². The molecular weight excluding hydrogens is 236 g/mol. The summed E-state index contributed by atoms with van der Waals surface area (Å²) in [5.74, 6) is 0.00546. The summed E-state index contributed by atoms with van der Waals surface area (Å²) in [6.45, 7) is 7.10. The number of para-hydroxylation sites is 1. The number of H-pyrrole nitrogens is 1. The highest BCUT2D eigenvalue weighted by Crippen LogP contribution is 2.17. The van der Waals surface area contributed by atoms with Crippen LogP contribution in [0.3, 0.4) is 0 Å². The summed E-state index contributed by atoms with van der Waals surface area (Å²) in [5, 5.41) is 3.90. The molecule has 2 rings (SSSR count). The smallest absolute Gasteiger partial charge is 0.253 e. The zero-order valence-corrected chi connectivity index (χ0v) is 12.1. The summed E-state index contributed by atoms with van der Waals surface area (Å²) in [7, 11) is 0. The minimum Gasteiger partial charge on any atom is -0.360 e. The van der Waals surface area contributed by atoms with Crippen molar-refractivity contribution in [3.05, 3.63) is 36.0 Å². The van der Waals surface area contributed by atoms with Crippen LogP contribution >= 0.6 is 0 Å². The predicted octanol–water partition coefficient (Wildman–Crippen LogP) is 4.11. The fourth-order valence-corrected chi connectivity index (χ4v) is 1.73. The van der Waals surface area contributed by atoms with E-state index < -0.39 is 0 Å². The van der Waals surface area contributed by atoms with Crippen LogP contribution in [0.1, 0.15) is 50.4 Å². The third kappa shape index (κ3) is 4.43. The van der Waals surface area contributed by atoms with Crippen LogP contribution in [0.15, 0.2) is 30.5 Å². The molecule has 0 bridgehead atoms. The number of carbonyl (C=O) groups is 1. The zero-order valence-electron chi connectivity index (χ0n) is 12.1. The molecule has 2 N–H and O–H groups in total. The quantitative estimate of drug-likeness (QED) is 0.798. The number of aromatic nitrogens is 1. The van der Waals surface area contributed by atoms with E-state index in [4.69, 9.17) is 0 Å².